The predicted octanol–water partition coefficient (Wildman–Crippen LogP) is 1.67. The van der Waals surface area contributed by atoms with Crippen molar-refractivity contribution in [1.29, 1.82) is 0 Å². The molecule has 0 heterocycles. The Balaban J connectivity index is 0.00000484. The lowest BCUT2D eigenvalue weighted by atomic mass is 10.2. The van der Waals surface area contributed by atoms with E-state index in [9.17, 15) is 23.1 Å². The van der Waals surface area contributed by atoms with E-state index in [2.05, 4.69) is 0 Å². The molecule has 1 unspecified atom stereocenters. The molecule has 0 aliphatic rings. The van der Waals surface area contributed by atoms with E-state index < -0.39 is 23.9 Å². The Morgan fingerprint density at radius 1 is 1.35 bits per heavy atom. The standard InChI is InChI=1S/C14H19F3N2O3.ClH/c1-9(18)13(21)19(2)7-11(20)8-22-12-5-3-10(4-6-12)14(15,16)17;/h3-6,9,11,20H,7-8,18H2,1-2H3;1H/t9-,11?;/m1./s1. The number of hydrogen-bond donors (Lipinski definition) is 2. The molecule has 1 aromatic rings. The minimum Gasteiger partial charge on any atom is -0.491 e. The number of amides is 1. The Bertz CT molecular complexity index is 495. The predicted molar refractivity (Wildman–Crippen MR) is 81.5 cm³/mol. The topological polar surface area (TPSA) is 75.8 Å². The van der Waals surface area contributed by atoms with Gasteiger partial charge in [-0.15, -0.1) is 12.4 Å². The van der Waals surface area contributed by atoms with Crippen molar-refractivity contribution in [3.8, 4) is 5.75 Å². The molecule has 0 fully saturated rings. The first-order chi connectivity index (χ1) is 10.1. The smallest absolute Gasteiger partial charge is 0.416 e. The number of alkyl halides is 3. The molecule has 1 aromatic carbocycles. The van der Waals surface area contributed by atoms with Gasteiger partial charge in [0.25, 0.3) is 0 Å². The fourth-order valence-electron chi connectivity index (χ4n) is 1.74. The summed E-state index contributed by atoms with van der Waals surface area (Å²) in [4.78, 5) is 12.8. The summed E-state index contributed by atoms with van der Waals surface area (Å²) in [7, 11) is 1.49. The first kappa shape index (κ1) is 21.5. The Kier molecular flexibility index (Phi) is 8.36. The SMILES string of the molecule is C[C@@H](N)C(=O)N(C)CC(O)COc1ccc(C(F)(F)F)cc1.Cl. The van der Waals surface area contributed by atoms with E-state index in [-0.39, 0.29) is 37.2 Å². The molecule has 0 saturated heterocycles. The summed E-state index contributed by atoms with van der Waals surface area (Å²) in [5, 5.41) is 9.76. The van der Waals surface area contributed by atoms with Crippen LogP contribution in [0, 0.1) is 0 Å². The monoisotopic (exact) mass is 356 g/mol. The summed E-state index contributed by atoms with van der Waals surface area (Å²) < 4.78 is 42.4. The maximum atomic E-state index is 12.4. The maximum absolute atomic E-state index is 12.4. The number of halogens is 4. The minimum atomic E-state index is -4.40. The molecular formula is C14H20ClF3N2O3. The second kappa shape index (κ2) is 8.95. The average molecular weight is 357 g/mol. The number of rotatable bonds is 6. The number of hydrogen-bond acceptors (Lipinski definition) is 4. The van der Waals surface area contributed by atoms with Crippen molar-refractivity contribution in [2.75, 3.05) is 20.2 Å². The van der Waals surface area contributed by atoms with Gasteiger partial charge < -0.3 is 20.5 Å². The third kappa shape index (κ3) is 7.06. The summed E-state index contributed by atoms with van der Waals surface area (Å²) in [6.07, 6.45) is -5.38. The Labute approximate surface area is 138 Å². The highest BCUT2D eigenvalue weighted by atomic mass is 35.5. The van der Waals surface area contributed by atoms with Crippen molar-refractivity contribution >= 4 is 18.3 Å². The quantitative estimate of drug-likeness (QED) is 0.813. The number of ether oxygens (including phenoxy) is 1. The molecule has 0 aliphatic heterocycles. The molecule has 1 amide bonds. The van der Waals surface area contributed by atoms with Crippen LogP contribution < -0.4 is 10.5 Å². The number of nitrogens with zero attached hydrogens (tertiary/aromatic N) is 1. The van der Waals surface area contributed by atoms with Gasteiger partial charge in [0.05, 0.1) is 11.6 Å². The van der Waals surface area contributed by atoms with E-state index in [4.69, 9.17) is 10.5 Å². The van der Waals surface area contributed by atoms with Crippen LogP contribution in [0.15, 0.2) is 24.3 Å². The summed E-state index contributed by atoms with van der Waals surface area (Å²) in [6.45, 7) is 1.40. The highest BCUT2D eigenvalue weighted by molar-refractivity contribution is 5.85. The number of carbonyl (C=O) groups excluding carboxylic acids is 1. The first-order valence-corrected chi connectivity index (χ1v) is 6.60. The summed E-state index contributed by atoms with van der Waals surface area (Å²) >= 11 is 0. The van der Waals surface area contributed by atoms with Crippen LogP contribution in [0.4, 0.5) is 13.2 Å². The molecule has 0 saturated carbocycles. The van der Waals surface area contributed by atoms with Crippen LogP contribution in [0.25, 0.3) is 0 Å². The average Bonchev–Trinajstić information content (AvgIpc) is 2.43. The molecule has 23 heavy (non-hydrogen) atoms. The van der Waals surface area contributed by atoms with E-state index in [1.54, 1.807) is 0 Å². The van der Waals surface area contributed by atoms with Crippen molar-refractivity contribution < 1.29 is 27.8 Å². The molecule has 0 radical (unpaired) electrons. The number of aliphatic hydroxyl groups is 1. The fourth-order valence-corrected chi connectivity index (χ4v) is 1.74. The number of likely N-dealkylation sites (N-methyl/N-ethyl adjacent to an activating group) is 1. The van der Waals surface area contributed by atoms with E-state index in [1.807, 2.05) is 0 Å². The molecule has 9 heteroatoms. The largest absolute Gasteiger partial charge is 0.491 e. The van der Waals surface area contributed by atoms with E-state index in [1.165, 1.54) is 31.0 Å². The zero-order valence-corrected chi connectivity index (χ0v) is 13.5. The molecular weight excluding hydrogens is 337 g/mol. The van der Waals surface area contributed by atoms with Crippen molar-refractivity contribution in [1.82, 2.24) is 4.90 Å². The van der Waals surface area contributed by atoms with Crippen LogP contribution >= 0.6 is 12.4 Å². The van der Waals surface area contributed by atoms with Gasteiger partial charge in [0.15, 0.2) is 0 Å². The third-order valence-corrected chi connectivity index (χ3v) is 2.87. The Morgan fingerprint density at radius 2 is 1.87 bits per heavy atom. The second-order valence-electron chi connectivity index (χ2n) is 4.99. The highest BCUT2D eigenvalue weighted by Crippen LogP contribution is 2.30. The lowest BCUT2D eigenvalue weighted by Crippen LogP contribution is -2.44. The number of carbonyl (C=O) groups is 1. The van der Waals surface area contributed by atoms with Crippen molar-refractivity contribution in [2.45, 2.75) is 25.2 Å². The van der Waals surface area contributed by atoms with Crippen molar-refractivity contribution in [3.63, 3.8) is 0 Å². The van der Waals surface area contributed by atoms with Crippen LogP contribution in [-0.4, -0.2) is 48.3 Å². The van der Waals surface area contributed by atoms with E-state index >= 15 is 0 Å². The summed E-state index contributed by atoms with van der Waals surface area (Å²) in [5.74, 6) is -0.123. The number of nitrogens with two attached hydrogens (primary N) is 1. The molecule has 132 valence electrons. The number of aliphatic hydroxyl groups excluding tert-OH is 1. The molecule has 0 aliphatic carbocycles. The molecule has 0 bridgehead atoms. The Hall–Kier alpha value is -1.51. The Morgan fingerprint density at radius 3 is 2.30 bits per heavy atom. The highest BCUT2D eigenvalue weighted by Gasteiger charge is 2.30. The molecule has 3 N–H and O–H groups in total. The second-order valence-corrected chi connectivity index (χ2v) is 4.99. The normalized spacial score (nSPS) is 13.7. The lowest BCUT2D eigenvalue weighted by Gasteiger charge is -2.22. The van der Waals surface area contributed by atoms with Gasteiger partial charge in [-0.1, -0.05) is 0 Å². The first-order valence-electron chi connectivity index (χ1n) is 6.60. The molecule has 0 aromatic heterocycles. The maximum Gasteiger partial charge on any atom is 0.416 e. The van der Waals surface area contributed by atoms with Gasteiger partial charge in [-0.25, -0.2) is 0 Å². The van der Waals surface area contributed by atoms with Gasteiger partial charge >= 0.3 is 6.18 Å². The van der Waals surface area contributed by atoms with Crippen molar-refractivity contribution in [3.05, 3.63) is 29.8 Å². The van der Waals surface area contributed by atoms with E-state index in [0.29, 0.717) is 0 Å². The van der Waals surface area contributed by atoms with Crippen LogP contribution in [0.2, 0.25) is 0 Å². The van der Waals surface area contributed by atoms with Crippen LogP contribution in [0.1, 0.15) is 12.5 Å². The zero-order chi connectivity index (χ0) is 16.9. The fraction of sp³-hybridized carbons (Fsp3) is 0.500. The molecule has 2 atom stereocenters. The van der Waals surface area contributed by atoms with Gasteiger partial charge in [0.2, 0.25) is 5.91 Å². The molecule has 5 nitrogen and oxygen atoms in total. The van der Waals surface area contributed by atoms with Crippen LogP contribution in [0.5, 0.6) is 5.75 Å². The molecule has 0 spiro atoms. The van der Waals surface area contributed by atoms with E-state index in [0.717, 1.165) is 12.1 Å². The van der Waals surface area contributed by atoms with Gasteiger partial charge in [0, 0.05) is 13.6 Å². The minimum absolute atomic E-state index is 0. The lowest BCUT2D eigenvalue weighted by molar-refractivity contribution is -0.137. The number of benzene rings is 1. The van der Waals surface area contributed by atoms with Crippen LogP contribution in [0.3, 0.4) is 0 Å². The van der Waals surface area contributed by atoms with Gasteiger partial charge in [-0.05, 0) is 31.2 Å². The van der Waals surface area contributed by atoms with Crippen molar-refractivity contribution in [2.24, 2.45) is 5.73 Å². The van der Waals surface area contributed by atoms with Gasteiger partial charge in [0.1, 0.15) is 18.5 Å². The zero-order valence-electron chi connectivity index (χ0n) is 12.7. The summed E-state index contributed by atoms with van der Waals surface area (Å²) in [5.41, 5.74) is 4.66. The third-order valence-electron chi connectivity index (χ3n) is 2.87. The van der Waals surface area contributed by atoms with Crippen LogP contribution in [-0.2, 0) is 11.0 Å². The summed E-state index contributed by atoms with van der Waals surface area (Å²) in [6, 6.07) is 3.47. The van der Waals surface area contributed by atoms with Gasteiger partial charge in [-0.3, -0.25) is 4.79 Å². The van der Waals surface area contributed by atoms with Gasteiger partial charge in [-0.2, -0.15) is 13.2 Å². The molecule has 1 rings (SSSR count).